The van der Waals surface area contributed by atoms with Gasteiger partial charge in [-0.3, -0.25) is 0 Å². The Balaban J connectivity index is 1.58. The highest BCUT2D eigenvalue weighted by molar-refractivity contribution is 5.05. The molecule has 2 N–H and O–H groups in total. The van der Waals surface area contributed by atoms with Crippen LogP contribution in [0.5, 0.6) is 0 Å². The summed E-state index contributed by atoms with van der Waals surface area (Å²) in [6, 6.07) is 0.535. The van der Waals surface area contributed by atoms with E-state index in [1.54, 1.807) is 7.11 Å². The van der Waals surface area contributed by atoms with E-state index in [1.807, 2.05) is 0 Å². The molecule has 0 aliphatic heterocycles. The van der Waals surface area contributed by atoms with Gasteiger partial charge >= 0.3 is 0 Å². The van der Waals surface area contributed by atoms with Gasteiger partial charge in [0.2, 0.25) is 0 Å². The molecular weight excluding hydrogens is 238 g/mol. The minimum Gasteiger partial charge on any atom is -0.389 e. The molecule has 0 aromatic carbocycles. The molecule has 0 heterocycles. The number of rotatable bonds is 6. The van der Waals surface area contributed by atoms with Gasteiger partial charge in [-0.2, -0.15) is 0 Å². The second kappa shape index (κ2) is 5.34. The second-order valence-electron chi connectivity index (χ2n) is 7.52. The Morgan fingerprint density at radius 2 is 1.68 bits per heavy atom. The maximum absolute atomic E-state index is 9.79. The van der Waals surface area contributed by atoms with Crippen LogP contribution < -0.4 is 5.32 Å². The lowest BCUT2D eigenvalue weighted by atomic mass is 9.48. The van der Waals surface area contributed by atoms with Crippen LogP contribution in [-0.4, -0.2) is 37.5 Å². The molecule has 2 unspecified atom stereocenters. The Kier molecular flexibility index (Phi) is 3.89. The maximum Gasteiger partial charge on any atom is 0.0897 e. The smallest absolute Gasteiger partial charge is 0.0897 e. The minimum atomic E-state index is -0.374. The summed E-state index contributed by atoms with van der Waals surface area (Å²) in [4.78, 5) is 0. The first-order valence-corrected chi connectivity index (χ1v) is 8.01. The molecule has 0 spiro atoms. The van der Waals surface area contributed by atoms with Gasteiger partial charge in [-0.1, -0.05) is 0 Å². The zero-order valence-corrected chi connectivity index (χ0v) is 12.4. The normalized spacial score (nSPS) is 43.4. The first-order valence-electron chi connectivity index (χ1n) is 8.01. The van der Waals surface area contributed by atoms with Crippen molar-refractivity contribution in [2.24, 2.45) is 23.2 Å². The Morgan fingerprint density at radius 1 is 1.16 bits per heavy atom. The molecule has 0 saturated heterocycles. The van der Waals surface area contributed by atoms with Crippen molar-refractivity contribution >= 4 is 0 Å². The Morgan fingerprint density at radius 3 is 2.16 bits per heavy atom. The molecule has 4 bridgehead atoms. The molecule has 3 heteroatoms. The number of nitrogens with one attached hydrogen (secondary N) is 1. The van der Waals surface area contributed by atoms with E-state index in [0.29, 0.717) is 24.6 Å². The van der Waals surface area contributed by atoms with Crippen molar-refractivity contribution in [2.45, 2.75) is 57.6 Å². The number of aliphatic hydroxyl groups is 1. The second-order valence-corrected chi connectivity index (χ2v) is 7.52. The molecule has 19 heavy (non-hydrogen) atoms. The Labute approximate surface area is 117 Å². The van der Waals surface area contributed by atoms with E-state index in [9.17, 15) is 5.11 Å². The fraction of sp³-hybridized carbons (Fsp3) is 1.00. The molecule has 4 rings (SSSR count). The van der Waals surface area contributed by atoms with Crippen LogP contribution in [-0.2, 0) is 4.74 Å². The summed E-state index contributed by atoms with van der Waals surface area (Å²) in [7, 11) is 1.64. The van der Waals surface area contributed by atoms with Crippen molar-refractivity contribution in [2.75, 3.05) is 20.3 Å². The van der Waals surface area contributed by atoms with Crippen molar-refractivity contribution < 1.29 is 9.84 Å². The molecule has 4 aliphatic rings. The Hall–Kier alpha value is -0.120. The summed E-state index contributed by atoms with van der Waals surface area (Å²) >= 11 is 0. The predicted molar refractivity (Wildman–Crippen MR) is 76.0 cm³/mol. The van der Waals surface area contributed by atoms with E-state index in [4.69, 9.17) is 4.74 Å². The number of hydrogen-bond acceptors (Lipinski definition) is 3. The number of ether oxygens (including phenoxy) is 1. The molecule has 3 nitrogen and oxygen atoms in total. The molecule has 0 radical (unpaired) electrons. The van der Waals surface area contributed by atoms with E-state index in [0.717, 1.165) is 17.8 Å². The van der Waals surface area contributed by atoms with E-state index in [-0.39, 0.29) is 6.10 Å². The molecule has 4 saturated carbocycles. The minimum absolute atomic E-state index is 0.374. The lowest BCUT2D eigenvalue weighted by molar-refractivity contribution is -0.0722. The van der Waals surface area contributed by atoms with Gasteiger partial charge in [0.25, 0.3) is 0 Å². The molecule has 4 aliphatic carbocycles. The number of hydrogen-bond donors (Lipinski definition) is 2. The highest BCUT2D eigenvalue weighted by Gasteiger charge is 2.52. The number of methoxy groups -OCH3 is 1. The maximum atomic E-state index is 9.79. The van der Waals surface area contributed by atoms with Gasteiger partial charge in [0.1, 0.15) is 0 Å². The van der Waals surface area contributed by atoms with E-state index < -0.39 is 0 Å². The van der Waals surface area contributed by atoms with Crippen molar-refractivity contribution in [3.63, 3.8) is 0 Å². The third-order valence-corrected chi connectivity index (χ3v) is 6.02. The first kappa shape index (κ1) is 13.8. The zero-order chi connectivity index (χ0) is 13.5. The topological polar surface area (TPSA) is 41.5 Å². The molecule has 0 aromatic rings. The molecule has 4 fully saturated rings. The predicted octanol–water partition coefficient (Wildman–Crippen LogP) is 2.19. The third kappa shape index (κ3) is 2.70. The van der Waals surface area contributed by atoms with E-state index >= 15 is 0 Å². The molecule has 110 valence electrons. The molecule has 2 atom stereocenters. The van der Waals surface area contributed by atoms with Crippen LogP contribution in [0.3, 0.4) is 0 Å². The summed E-state index contributed by atoms with van der Waals surface area (Å²) in [6.07, 6.45) is 8.39. The zero-order valence-electron chi connectivity index (χ0n) is 12.4. The van der Waals surface area contributed by atoms with Gasteiger partial charge in [0.15, 0.2) is 0 Å². The number of aliphatic hydroxyl groups excluding tert-OH is 1. The molecule has 0 amide bonds. The largest absolute Gasteiger partial charge is 0.389 e. The summed E-state index contributed by atoms with van der Waals surface area (Å²) in [5, 5.41) is 13.4. The lowest BCUT2D eigenvalue weighted by Crippen LogP contribution is -2.55. The average molecular weight is 267 g/mol. The summed E-state index contributed by atoms with van der Waals surface area (Å²) in [5.41, 5.74) is 0.529. The quantitative estimate of drug-likeness (QED) is 0.775. The van der Waals surface area contributed by atoms with Crippen molar-refractivity contribution in [3.05, 3.63) is 0 Å². The summed E-state index contributed by atoms with van der Waals surface area (Å²) < 4.78 is 5.00. The monoisotopic (exact) mass is 267 g/mol. The summed E-state index contributed by atoms with van der Waals surface area (Å²) in [5.74, 6) is 3.00. The van der Waals surface area contributed by atoms with Crippen LogP contribution in [0.4, 0.5) is 0 Å². The SMILES string of the molecule is COCC(O)CNC(C)C12CC3CC(CC(C3)C1)C2. The van der Waals surface area contributed by atoms with Crippen molar-refractivity contribution in [3.8, 4) is 0 Å². The van der Waals surface area contributed by atoms with Crippen LogP contribution in [0.25, 0.3) is 0 Å². The van der Waals surface area contributed by atoms with Gasteiger partial charge < -0.3 is 15.2 Å². The highest BCUT2D eigenvalue weighted by Crippen LogP contribution is 2.61. The standard InChI is InChI=1S/C16H29NO2/c1-11(17-9-15(18)10-19-2)16-6-12-3-13(7-16)5-14(4-12)8-16/h11-15,17-18H,3-10H2,1-2H3. The fourth-order valence-electron chi connectivity index (χ4n) is 5.49. The van der Waals surface area contributed by atoms with Crippen LogP contribution in [0.2, 0.25) is 0 Å². The molecular formula is C16H29NO2. The van der Waals surface area contributed by atoms with Crippen LogP contribution in [0.15, 0.2) is 0 Å². The first-order chi connectivity index (χ1) is 9.11. The van der Waals surface area contributed by atoms with Gasteiger partial charge in [0, 0.05) is 19.7 Å². The van der Waals surface area contributed by atoms with Gasteiger partial charge in [-0.25, -0.2) is 0 Å². The Bertz CT molecular complexity index is 283. The van der Waals surface area contributed by atoms with E-state index in [1.165, 1.54) is 38.5 Å². The van der Waals surface area contributed by atoms with Crippen LogP contribution >= 0.6 is 0 Å². The summed E-state index contributed by atoms with van der Waals surface area (Å²) in [6.45, 7) is 3.43. The van der Waals surface area contributed by atoms with Gasteiger partial charge in [0.05, 0.1) is 12.7 Å². The van der Waals surface area contributed by atoms with Crippen molar-refractivity contribution in [1.29, 1.82) is 0 Å². The van der Waals surface area contributed by atoms with E-state index in [2.05, 4.69) is 12.2 Å². The fourth-order valence-corrected chi connectivity index (χ4v) is 5.49. The third-order valence-electron chi connectivity index (χ3n) is 6.02. The van der Waals surface area contributed by atoms with Crippen molar-refractivity contribution in [1.82, 2.24) is 5.32 Å². The van der Waals surface area contributed by atoms with Crippen LogP contribution in [0.1, 0.15) is 45.4 Å². The lowest BCUT2D eigenvalue weighted by Gasteiger charge is -2.59. The van der Waals surface area contributed by atoms with Crippen LogP contribution in [0, 0.1) is 23.2 Å². The molecule has 0 aromatic heterocycles. The van der Waals surface area contributed by atoms with Gasteiger partial charge in [-0.05, 0) is 68.6 Å². The highest BCUT2D eigenvalue weighted by atomic mass is 16.5. The van der Waals surface area contributed by atoms with Gasteiger partial charge in [-0.15, -0.1) is 0 Å². The average Bonchev–Trinajstić information content (AvgIpc) is 2.34.